The summed E-state index contributed by atoms with van der Waals surface area (Å²) in [5.74, 6) is 5.11. The molecule has 1 amide bonds. The molecule has 4 nitrogen and oxygen atoms in total. The molecule has 0 fully saturated rings. The van der Waals surface area contributed by atoms with E-state index in [1.165, 1.54) is 0 Å². The van der Waals surface area contributed by atoms with Gasteiger partial charge in [-0.05, 0) is 20.3 Å². The molecule has 0 saturated carbocycles. The topological polar surface area (TPSA) is 67.1 Å². The minimum absolute atomic E-state index is 0.0370. The Morgan fingerprint density at radius 2 is 2.09 bits per heavy atom. The number of amides is 1. The Morgan fingerprint density at radius 1 is 1.55 bits per heavy atom. The number of hydrazine groups is 1. The molecule has 0 heterocycles. The van der Waals surface area contributed by atoms with E-state index in [9.17, 15) is 4.79 Å². The predicted octanol–water partition coefficient (Wildman–Crippen LogP) is -0.247. The Hall–Kier alpha value is -0.610. The molecule has 0 aliphatic rings. The van der Waals surface area contributed by atoms with Gasteiger partial charge in [-0.25, -0.2) is 5.43 Å². The number of nitrogens with two attached hydrogens (primary N) is 1. The van der Waals surface area contributed by atoms with Crippen molar-refractivity contribution in [1.29, 1.82) is 0 Å². The summed E-state index contributed by atoms with van der Waals surface area (Å²) in [6.45, 7) is 5.74. The summed E-state index contributed by atoms with van der Waals surface area (Å²) in [4.78, 5) is 11.2. The molecule has 0 spiro atoms. The number of hydrogen-bond acceptors (Lipinski definition) is 3. The first kappa shape index (κ1) is 10.4. The Kier molecular flexibility index (Phi) is 4.81. The Morgan fingerprint density at radius 3 is 2.36 bits per heavy atom. The van der Waals surface area contributed by atoms with Crippen molar-refractivity contribution in [1.82, 2.24) is 10.7 Å². The van der Waals surface area contributed by atoms with Crippen LogP contribution in [0.4, 0.5) is 0 Å². The van der Waals surface area contributed by atoms with Crippen LogP contribution < -0.4 is 16.6 Å². The molecule has 4 heteroatoms. The maximum absolute atomic E-state index is 11.2. The first-order valence-corrected chi connectivity index (χ1v) is 3.88. The molecule has 0 saturated heterocycles. The van der Waals surface area contributed by atoms with E-state index in [0.717, 1.165) is 0 Å². The summed E-state index contributed by atoms with van der Waals surface area (Å²) in [6.07, 6.45) is 0.703. The van der Waals surface area contributed by atoms with E-state index in [-0.39, 0.29) is 18.0 Å². The molecule has 0 bridgehead atoms. The quantitative estimate of drug-likeness (QED) is 0.391. The molecule has 0 aliphatic heterocycles. The van der Waals surface area contributed by atoms with E-state index in [1.54, 1.807) is 0 Å². The Balaban J connectivity index is 3.79. The van der Waals surface area contributed by atoms with E-state index >= 15 is 0 Å². The van der Waals surface area contributed by atoms with Gasteiger partial charge in [0.05, 0.1) is 6.04 Å². The summed E-state index contributed by atoms with van der Waals surface area (Å²) >= 11 is 0. The third kappa shape index (κ3) is 3.95. The fourth-order valence-corrected chi connectivity index (χ4v) is 0.764. The van der Waals surface area contributed by atoms with Gasteiger partial charge in [0.15, 0.2) is 0 Å². The molecule has 4 N–H and O–H groups in total. The number of carbonyl (C=O) groups excluding carboxylic acids is 1. The molecule has 0 rings (SSSR count). The van der Waals surface area contributed by atoms with Gasteiger partial charge in [-0.15, -0.1) is 0 Å². The predicted molar refractivity (Wildman–Crippen MR) is 44.7 cm³/mol. The van der Waals surface area contributed by atoms with Crippen LogP contribution >= 0.6 is 0 Å². The van der Waals surface area contributed by atoms with Gasteiger partial charge < -0.3 is 5.32 Å². The highest BCUT2D eigenvalue weighted by molar-refractivity contribution is 5.81. The van der Waals surface area contributed by atoms with Crippen molar-refractivity contribution in [2.24, 2.45) is 5.84 Å². The molecule has 0 aromatic rings. The third-order valence-electron chi connectivity index (χ3n) is 1.36. The zero-order chi connectivity index (χ0) is 8.85. The smallest absolute Gasteiger partial charge is 0.238 e. The van der Waals surface area contributed by atoms with Crippen LogP contribution in [0, 0.1) is 0 Å². The molecular weight excluding hydrogens is 142 g/mol. The summed E-state index contributed by atoms with van der Waals surface area (Å²) in [6, 6.07) is -0.0951. The lowest BCUT2D eigenvalue weighted by atomic mass is 10.2. The lowest BCUT2D eigenvalue weighted by Gasteiger charge is -2.15. The lowest BCUT2D eigenvalue weighted by Crippen LogP contribution is -2.48. The maximum atomic E-state index is 11.2. The Labute approximate surface area is 67.5 Å². The second kappa shape index (κ2) is 5.09. The summed E-state index contributed by atoms with van der Waals surface area (Å²) in [5, 5.41) is 2.76. The van der Waals surface area contributed by atoms with Crippen molar-refractivity contribution in [3.63, 3.8) is 0 Å². The molecule has 0 aliphatic carbocycles. The van der Waals surface area contributed by atoms with Crippen LogP contribution in [0.5, 0.6) is 0 Å². The monoisotopic (exact) mass is 159 g/mol. The van der Waals surface area contributed by atoms with Crippen molar-refractivity contribution in [2.45, 2.75) is 39.3 Å². The molecule has 0 aromatic heterocycles. The fourth-order valence-electron chi connectivity index (χ4n) is 0.764. The third-order valence-corrected chi connectivity index (χ3v) is 1.36. The number of nitrogens with one attached hydrogen (secondary N) is 2. The average Bonchev–Trinajstić information content (AvgIpc) is 1.88. The zero-order valence-electron chi connectivity index (χ0n) is 7.35. The van der Waals surface area contributed by atoms with Crippen molar-refractivity contribution in [3.8, 4) is 0 Å². The highest BCUT2D eigenvalue weighted by Gasteiger charge is 2.13. The number of rotatable bonds is 4. The van der Waals surface area contributed by atoms with Gasteiger partial charge in [-0.2, -0.15) is 0 Å². The van der Waals surface area contributed by atoms with Gasteiger partial charge >= 0.3 is 0 Å². The van der Waals surface area contributed by atoms with E-state index in [2.05, 4.69) is 10.7 Å². The van der Waals surface area contributed by atoms with Crippen LogP contribution in [0.1, 0.15) is 27.2 Å². The highest BCUT2D eigenvalue weighted by Crippen LogP contribution is 1.89. The molecule has 0 radical (unpaired) electrons. The van der Waals surface area contributed by atoms with Crippen LogP contribution in [0.3, 0.4) is 0 Å². The van der Waals surface area contributed by atoms with Crippen molar-refractivity contribution in [3.05, 3.63) is 0 Å². The molecule has 0 aromatic carbocycles. The van der Waals surface area contributed by atoms with E-state index < -0.39 is 0 Å². The van der Waals surface area contributed by atoms with Gasteiger partial charge in [0.25, 0.3) is 0 Å². The van der Waals surface area contributed by atoms with Crippen LogP contribution in [-0.2, 0) is 4.79 Å². The van der Waals surface area contributed by atoms with Crippen LogP contribution in [0.25, 0.3) is 0 Å². The fraction of sp³-hybridized carbons (Fsp3) is 0.857. The van der Waals surface area contributed by atoms with E-state index in [0.29, 0.717) is 6.42 Å². The number of hydrogen-bond donors (Lipinski definition) is 3. The van der Waals surface area contributed by atoms with Gasteiger partial charge in [0.2, 0.25) is 5.91 Å². The molecular formula is C7H17N3O. The van der Waals surface area contributed by atoms with E-state index in [1.807, 2.05) is 20.8 Å². The second-order valence-corrected chi connectivity index (χ2v) is 2.79. The zero-order valence-corrected chi connectivity index (χ0v) is 7.35. The van der Waals surface area contributed by atoms with Gasteiger partial charge in [-0.3, -0.25) is 10.6 Å². The first-order chi connectivity index (χ1) is 5.11. The summed E-state index contributed by atoms with van der Waals surface area (Å²) in [5.41, 5.74) is 2.44. The highest BCUT2D eigenvalue weighted by atomic mass is 16.2. The second-order valence-electron chi connectivity index (χ2n) is 2.79. The first-order valence-electron chi connectivity index (χ1n) is 3.88. The average molecular weight is 159 g/mol. The number of carbonyl (C=O) groups is 1. The largest absolute Gasteiger partial charge is 0.353 e. The van der Waals surface area contributed by atoms with Crippen molar-refractivity contribution >= 4 is 5.91 Å². The van der Waals surface area contributed by atoms with E-state index in [4.69, 9.17) is 5.84 Å². The van der Waals surface area contributed by atoms with Crippen molar-refractivity contribution < 1.29 is 4.79 Å². The lowest BCUT2D eigenvalue weighted by molar-refractivity contribution is -0.123. The molecule has 1 unspecified atom stereocenters. The molecule has 66 valence electrons. The maximum Gasteiger partial charge on any atom is 0.238 e. The minimum atomic E-state index is -0.266. The molecule has 1 atom stereocenters. The standard InChI is InChI=1S/C7H17N3O/c1-4-6(10-8)7(11)9-5(2)3/h5-6,10H,4,8H2,1-3H3,(H,9,11). The summed E-state index contributed by atoms with van der Waals surface area (Å²) in [7, 11) is 0. The van der Waals surface area contributed by atoms with Crippen molar-refractivity contribution in [2.75, 3.05) is 0 Å². The van der Waals surface area contributed by atoms with Crippen LogP contribution in [-0.4, -0.2) is 18.0 Å². The van der Waals surface area contributed by atoms with Gasteiger partial charge in [0, 0.05) is 6.04 Å². The normalized spacial score (nSPS) is 13.2. The van der Waals surface area contributed by atoms with Gasteiger partial charge in [-0.1, -0.05) is 6.92 Å². The Bertz CT molecular complexity index is 121. The van der Waals surface area contributed by atoms with Crippen LogP contribution in [0.2, 0.25) is 0 Å². The minimum Gasteiger partial charge on any atom is -0.353 e. The SMILES string of the molecule is CCC(NN)C(=O)NC(C)C. The summed E-state index contributed by atoms with van der Waals surface area (Å²) < 4.78 is 0. The molecule has 11 heavy (non-hydrogen) atoms. The van der Waals surface area contributed by atoms with Gasteiger partial charge in [0.1, 0.15) is 0 Å². The van der Waals surface area contributed by atoms with Crippen LogP contribution in [0.15, 0.2) is 0 Å².